The summed E-state index contributed by atoms with van der Waals surface area (Å²) < 4.78 is 9.01. The number of furan rings is 1. The second-order valence-corrected chi connectivity index (χ2v) is 14.3. The topological polar surface area (TPSA) is 56.7 Å². The highest BCUT2D eigenvalue weighted by molar-refractivity contribution is 6.13. The molecule has 0 bridgehead atoms. The molecule has 7 aromatic carbocycles. The zero-order valence-electron chi connectivity index (χ0n) is 30.4. The van der Waals surface area contributed by atoms with Gasteiger partial charge in [0, 0.05) is 50.0 Å². The average Bonchev–Trinajstić information content (AvgIpc) is 3.82. The molecule has 1 aliphatic carbocycles. The molecule has 5 nitrogen and oxygen atoms in total. The highest BCUT2D eigenvalue weighted by atomic mass is 16.3. The van der Waals surface area contributed by atoms with Crippen LogP contribution < -0.4 is 0 Å². The molecule has 3 aromatic heterocycles. The SMILES string of the molecule is C1=CCCC(c2cccc(-c3nc(-c4ccccc4)nc(-c4cccc5oc6cc(-n7c8ccccc8c8cc(-c9ccccc9)ccc87)ccc6c45)n3)c2)=C1. The fourth-order valence-electron chi connectivity index (χ4n) is 8.24. The maximum Gasteiger partial charge on any atom is 0.164 e. The molecule has 10 aromatic rings. The third-order valence-electron chi connectivity index (χ3n) is 10.9. The quantitative estimate of drug-likeness (QED) is 0.172. The molecule has 264 valence electrons. The lowest BCUT2D eigenvalue weighted by Gasteiger charge is -2.12. The first-order valence-corrected chi connectivity index (χ1v) is 19.1. The first-order valence-electron chi connectivity index (χ1n) is 19.1. The number of para-hydroxylation sites is 1. The molecule has 0 saturated heterocycles. The fraction of sp³-hybridized carbons (Fsp3) is 0.0392. The summed E-state index contributed by atoms with van der Waals surface area (Å²) in [4.78, 5) is 15.3. The summed E-state index contributed by atoms with van der Waals surface area (Å²) in [6.07, 6.45) is 8.62. The van der Waals surface area contributed by atoms with Crippen LogP contribution in [0.4, 0.5) is 0 Å². The maximum absolute atomic E-state index is 6.67. The summed E-state index contributed by atoms with van der Waals surface area (Å²) >= 11 is 0. The normalized spacial score (nSPS) is 12.9. The molecule has 11 rings (SSSR count). The number of allylic oxidation sites excluding steroid dienone is 4. The van der Waals surface area contributed by atoms with E-state index in [1.807, 2.05) is 42.5 Å². The van der Waals surface area contributed by atoms with Crippen molar-refractivity contribution in [3.8, 4) is 51.0 Å². The van der Waals surface area contributed by atoms with Gasteiger partial charge in [0.05, 0.1) is 11.0 Å². The largest absolute Gasteiger partial charge is 0.456 e. The molecule has 5 heteroatoms. The van der Waals surface area contributed by atoms with Crippen LogP contribution in [0.2, 0.25) is 0 Å². The van der Waals surface area contributed by atoms with Crippen LogP contribution >= 0.6 is 0 Å². The number of rotatable bonds is 6. The summed E-state index contributed by atoms with van der Waals surface area (Å²) in [7, 11) is 0. The van der Waals surface area contributed by atoms with Crippen LogP contribution in [0.3, 0.4) is 0 Å². The molecule has 56 heavy (non-hydrogen) atoms. The van der Waals surface area contributed by atoms with Crippen molar-refractivity contribution in [1.29, 1.82) is 0 Å². The van der Waals surface area contributed by atoms with Crippen molar-refractivity contribution in [3.05, 3.63) is 188 Å². The van der Waals surface area contributed by atoms with Crippen LogP contribution in [0.1, 0.15) is 18.4 Å². The monoisotopic (exact) mass is 718 g/mol. The Morgan fingerprint density at radius 1 is 0.464 bits per heavy atom. The summed E-state index contributed by atoms with van der Waals surface area (Å²) in [6.45, 7) is 0. The van der Waals surface area contributed by atoms with E-state index in [1.54, 1.807) is 0 Å². The molecule has 0 radical (unpaired) electrons. The van der Waals surface area contributed by atoms with Gasteiger partial charge in [-0.3, -0.25) is 0 Å². The third kappa shape index (κ3) is 5.44. The molecule has 3 heterocycles. The predicted octanol–water partition coefficient (Wildman–Crippen LogP) is 13.3. The molecule has 0 amide bonds. The van der Waals surface area contributed by atoms with Crippen molar-refractivity contribution in [2.75, 3.05) is 0 Å². The van der Waals surface area contributed by atoms with Crippen molar-refractivity contribution >= 4 is 49.3 Å². The van der Waals surface area contributed by atoms with Gasteiger partial charge in [-0.05, 0) is 77.6 Å². The minimum absolute atomic E-state index is 0.605. The van der Waals surface area contributed by atoms with Crippen LogP contribution in [0, 0.1) is 0 Å². The van der Waals surface area contributed by atoms with Gasteiger partial charge in [-0.25, -0.2) is 15.0 Å². The summed E-state index contributed by atoms with van der Waals surface area (Å²) in [5, 5.41) is 4.42. The standard InChI is InChI=1S/C51H34N4O/c1-4-14-33(15-5-1)36-20-12-21-38(30-36)50-52-49(35-18-8-3-9-19-35)53-51(54-50)42-23-13-25-46-48(42)41-28-27-39(32-47(41)56-46)55-44-24-11-10-22-40(44)43-31-37(26-29-45(43)55)34-16-6-2-7-17-34/h1-4,6-14,16-32H,5,15H2. The Balaban J connectivity index is 1.07. The van der Waals surface area contributed by atoms with Crippen LogP contribution in [0.25, 0.3) is 100 Å². The summed E-state index contributed by atoms with van der Waals surface area (Å²) in [5.41, 5.74) is 12.6. The van der Waals surface area contributed by atoms with E-state index in [2.05, 4.69) is 144 Å². The van der Waals surface area contributed by atoms with Gasteiger partial charge < -0.3 is 8.98 Å². The molecule has 0 saturated carbocycles. The van der Waals surface area contributed by atoms with Crippen molar-refractivity contribution in [1.82, 2.24) is 19.5 Å². The van der Waals surface area contributed by atoms with Gasteiger partial charge in [0.15, 0.2) is 17.5 Å². The number of hydrogen-bond acceptors (Lipinski definition) is 4. The number of aromatic nitrogens is 4. The zero-order valence-corrected chi connectivity index (χ0v) is 30.4. The molecule has 0 N–H and O–H groups in total. The molecule has 0 atom stereocenters. The van der Waals surface area contributed by atoms with E-state index in [0.29, 0.717) is 17.5 Å². The Hall–Kier alpha value is -7.37. The molecule has 0 aliphatic heterocycles. The van der Waals surface area contributed by atoms with Crippen LogP contribution in [0.15, 0.2) is 186 Å². The smallest absolute Gasteiger partial charge is 0.164 e. The lowest BCUT2D eigenvalue weighted by Crippen LogP contribution is -2.01. The Morgan fingerprint density at radius 3 is 2.02 bits per heavy atom. The second-order valence-electron chi connectivity index (χ2n) is 14.3. The van der Waals surface area contributed by atoms with Gasteiger partial charge in [0.1, 0.15) is 11.2 Å². The van der Waals surface area contributed by atoms with E-state index in [0.717, 1.165) is 68.2 Å². The zero-order chi connectivity index (χ0) is 37.0. The van der Waals surface area contributed by atoms with Gasteiger partial charge in [-0.15, -0.1) is 0 Å². The van der Waals surface area contributed by atoms with E-state index < -0.39 is 0 Å². The lowest BCUT2D eigenvalue weighted by molar-refractivity contribution is 0.668. The average molecular weight is 719 g/mol. The predicted molar refractivity (Wildman–Crippen MR) is 230 cm³/mol. The highest BCUT2D eigenvalue weighted by Gasteiger charge is 2.20. The molecule has 0 unspecified atom stereocenters. The minimum Gasteiger partial charge on any atom is -0.456 e. The molecule has 0 fully saturated rings. The number of nitrogens with zero attached hydrogens (tertiary/aromatic N) is 4. The third-order valence-corrected chi connectivity index (χ3v) is 10.9. The Morgan fingerprint density at radius 2 is 1.18 bits per heavy atom. The fourth-order valence-corrected chi connectivity index (χ4v) is 8.24. The Bertz CT molecular complexity index is 3190. The lowest BCUT2D eigenvalue weighted by atomic mass is 9.96. The van der Waals surface area contributed by atoms with Crippen molar-refractivity contribution in [2.24, 2.45) is 0 Å². The minimum atomic E-state index is 0.605. The molecule has 0 spiro atoms. The van der Waals surface area contributed by atoms with Crippen molar-refractivity contribution in [2.45, 2.75) is 12.8 Å². The van der Waals surface area contributed by atoms with Crippen molar-refractivity contribution in [3.63, 3.8) is 0 Å². The number of hydrogen-bond donors (Lipinski definition) is 0. The van der Waals surface area contributed by atoms with E-state index in [9.17, 15) is 0 Å². The summed E-state index contributed by atoms with van der Waals surface area (Å²) in [5.74, 6) is 1.87. The maximum atomic E-state index is 6.67. The van der Waals surface area contributed by atoms with Gasteiger partial charge in [0.25, 0.3) is 0 Å². The van der Waals surface area contributed by atoms with E-state index in [4.69, 9.17) is 19.4 Å². The van der Waals surface area contributed by atoms with Crippen LogP contribution in [0.5, 0.6) is 0 Å². The Labute approximate surface area is 323 Å². The number of fused-ring (bicyclic) bond motifs is 6. The highest BCUT2D eigenvalue weighted by Crippen LogP contribution is 2.40. The van der Waals surface area contributed by atoms with Crippen molar-refractivity contribution < 1.29 is 4.42 Å². The molecular formula is C51H34N4O. The second kappa shape index (κ2) is 13.2. The van der Waals surface area contributed by atoms with Crippen LogP contribution in [-0.4, -0.2) is 19.5 Å². The van der Waals surface area contributed by atoms with E-state index in [1.165, 1.54) is 33.0 Å². The van der Waals surface area contributed by atoms with Gasteiger partial charge in [-0.1, -0.05) is 133 Å². The first-order chi connectivity index (χ1) is 27.7. The van der Waals surface area contributed by atoms with E-state index >= 15 is 0 Å². The molecular weight excluding hydrogens is 685 g/mol. The van der Waals surface area contributed by atoms with Gasteiger partial charge in [0.2, 0.25) is 0 Å². The first kappa shape index (κ1) is 32.1. The summed E-state index contributed by atoms with van der Waals surface area (Å²) in [6, 6.07) is 57.3. The number of benzene rings is 7. The van der Waals surface area contributed by atoms with Crippen LogP contribution in [-0.2, 0) is 0 Å². The van der Waals surface area contributed by atoms with E-state index in [-0.39, 0.29) is 0 Å². The van der Waals surface area contributed by atoms with Gasteiger partial charge in [-0.2, -0.15) is 0 Å². The molecule has 1 aliphatic rings. The Kier molecular flexibility index (Phi) is 7.56. The van der Waals surface area contributed by atoms with Gasteiger partial charge >= 0.3 is 0 Å².